The quantitative estimate of drug-likeness (QED) is 0.578. The lowest BCUT2D eigenvalue weighted by atomic mass is 10.2. The predicted octanol–water partition coefficient (Wildman–Crippen LogP) is 2.43. The van der Waals surface area contributed by atoms with Gasteiger partial charge in [-0.15, -0.1) is 5.10 Å². The van der Waals surface area contributed by atoms with Gasteiger partial charge in [-0.3, -0.25) is 9.78 Å². The van der Waals surface area contributed by atoms with Gasteiger partial charge in [0.05, 0.1) is 4.53 Å². The van der Waals surface area contributed by atoms with E-state index in [1.54, 1.807) is 18.5 Å². The first-order valence-electron chi connectivity index (χ1n) is 7.35. The molecule has 0 aliphatic rings. The molecule has 0 saturated carbocycles. The second-order valence-electron chi connectivity index (χ2n) is 5.07. The van der Waals surface area contributed by atoms with E-state index in [2.05, 4.69) is 15.1 Å². The maximum absolute atomic E-state index is 12.4. The highest BCUT2D eigenvalue weighted by Crippen LogP contribution is 2.14. The number of hydrogen-bond donors (Lipinski definition) is 0. The lowest BCUT2D eigenvalue weighted by molar-refractivity contribution is 0.936. The molecule has 5 nitrogen and oxygen atoms in total. The molecule has 0 unspecified atom stereocenters. The van der Waals surface area contributed by atoms with Gasteiger partial charge in [-0.25, -0.2) is 0 Å². The van der Waals surface area contributed by atoms with Crippen LogP contribution in [0.1, 0.15) is 5.56 Å². The van der Waals surface area contributed by atoms with Crippen LogP contribution in [0.15, 0.2) is 65.7 Å². The zero-order valence-corrected chi connectivity index (χ0v) is 13.4. The molecule has 0 amide bonds. The predicted molar refractivity (Wildman–Crippen MR) is 95.5 cm³/mol. The van der Waals surface area contributed by atoms with Crippen molar-refractivity contribution in [3.63, 3.8) is 0 Å². The number of benzene rings is 1. The minimum atomic E-state index is -0.152. The van der Waals surface area contributed by atoms with Gasteiger partial charge in [-0.05, 0) is 23.8 Å². The summed E-state index contributed by atoms with van der Waals surface area (Å²) in [6.45, 7) is 0. The largest absolute Gasteiger partial charge is 0.291 e. The van der Waals surface area contributed by atoms with Gasteiger partial charge in [-0.2, -0.15) is 9.50 Å². The number of aromatic nitrogens is 4. The van der Waals surface area contributed by atoms with Crippen LogP contribution in [0.5, 0.6) is 0 Å². The fourth-order valence-corrected chi connectivity index (χ4v) is 3.14. The molecule has 0 radical (unpaired) electrons. The summed E-state index contributed by atoms with van der Waals surface area (Å²) in [5.74, 6) is 0.534. The van der Waals surface area contributed by atoms with E-state index in [9.17, 15) is 4.79 Å². The van der Waals surface area contributed by atoms with Crippen molar-refractivity contribution >= 4 is 28.4 Å². The molecule has 0 aliphatic heterocycles. The number of pyridine rings is 1. The maximum Gasteiger partial charge on any atom is 0.291 e. The Morgan fingerprint density at radius 3 is 2.58 bits per heavy atom. The molecule has 0 fully saturated rings. The summed E-state index contributed by atoms with van der Waals surface area (Å²) in [4.78, 5) is 21.4. The standard InChI is InChI=1S/C18H12N4OS/c23-17-15(8-4-7-13-5-2-1-3-6-13)24-18-20-16(21-22(17)18)14-9-11-19-12-10-14/h1-12H/b7-4+,15-8+. The highest BCUT2D eigenvalue weighted by molar-refractivity contribution is 7.15. The van der Waals surface area contributed by atoms with E-state index >= 15 is 0 Å². The van der Waals surface area contributed by atoms with Gasteiger partial charge in [0.1, 0.15) is 0 Å². The molecule has 0 spiro atoms. The third kappa shape index (κ3) is 2.75. The van der Waals surface area contributed by atoms with E-state index in [-0.39, 0.29) is 5.56 Å². The van der Waals surface area contributed by atoms with Crippen LogP contribution in [-0.2, 0) is 0 Å². The first-order valence-corrected chi connectivity index (χ1v) is 8.16. The molecule has 4 aromatic rings. The smallest absolute Gasteiger partial charge is 0.266 e. The number of allylic oxidation sites excluding steroid dienone is 1. The second kappa shape index (κ2) is 6.17. The van der Waals surface area contributed by atoms with Crippen molar-refractivity contribution in [3.8, 4) is 11.4 Å². The minimum absolute atomic E-state index is 0.152. The molecule has 0 N–H and O–H groups in total. The number of nitrogens with zero attached hydrogens (tertiary/aromatic N) is 4. The van der Waals surface area contributed by atoms with Crippen molar-refractivity contribution in [2.75, 3.05) is 0 Å². The maximum atomic E-state index is 12.4. The Labute approximate surface area is 141 Å². The molecule has 4 rings (SSSR count). The van der Waals surface area contributed by atoms with Gasteiger partial charge in [0.25, 0.3) is 5.56 Å². The Kier molecular flexibility index (Phi) is 3.72. The average molecular weight is 332 g/mol. The van der Waals surface area contributed by atoms with E-state index in [4.69, 9.17) is 0 Å². The molecule has 0 atom stereocenters. The first kappa shape index (κ1) is 14.5. The topological polar surface area (TPSA) is 60.2 Å². The van der Waals surface area contributed by atoms with E-state index in [1.165, 1.54) is 15.9 Å². The van der Waals surface area contributed by atoms with Crippen LogP contribution >= 0.6 is 11.3 Å². The SMILES string of the molecule is O=c1/c(=C\C=C\c2ccccc2)sc2nc(-c3ccncc3)nn12. The molecule has 24 heavy (non-hydrogen) atoms. The molecule has 0 saturated heterocycles. The molecule has 0 bridgehead atoms. The number of rotatable bonds is 3. The van der Waals surface area contributed by atoms with E-state index in [0.717, 1.165) is 11.1 Å². The van der Waals surface area contributed by atoms with E-state index in [1.807, 2.05) is 54.6 Å². The summed E-state index contributed by atoms with van der Waals surface area (Å²) < 4.78 is 1.96. The molecule has 116 valence electrons. The Morgan fingerprint density at radius 1 is 1.04 bits per heavy atom. The summed E-state index contributed by atoms with van der Waals surface area (Å²) in [5, 5.41) is 4.30. The Morgan fingerprint density at radius 2 is 1.83 bits per heavy atom. The highest BCUT2D eigenvalue weighted by Gasteiger charge is 2.11. The second-order valence-corrected chi connectivity index (χ2v) is 6.08. The third-order valence-corrected chi connectivity index (χ3v) is 4.43. The van der Waals surface area contributed by atoms with Crippen molar-refractivity contribution in [1.82, 2.24) is 19.6 Å². The number of thiazole rings is 1. The minimum Gasteiger partial charge on any atom is -0.266 e. The number of fused-ring (bicyclic) bond motifs is 1. The van der Waals surface area contributed by atoms with Crippen molar-refractivity contribution in [2.24, 2.45) is 0 Å². The van der Waals surface area contributed by atoms with Crippen molar-refractivity contribution in [3.05, 3.63) is 81.4 Å². The summed E-state index contributed by atoms with van der Waals surface area (Å²) in [6, 6.07) is 13.6. The molecule has 3 heterocycles. The number of hydrogen-bond acceptors (Lipinski definition) is 5. The van der Waals surface area contributed by atoms with Gasteiger partial charge < -0.3 is 0 Å². The monoisotopic (exact) mass is 332 g/mol. The summed E-state index contributed by atoms with van der Waals surface area (Å²) in [7, 11) is 0. The molecule has 0 aliphatic carbocycles. The summed E-state index contributed by atoms with van der Waals surface area (Å²) in [6.07, 6.45) is 8.97. The Balaban J connectivity index is 1.70. The van der Waals surface area contributed by atoms with Crippen LogP contribution in [0.3, 0.4) is 0 Å². The molecular weight excluding hydrogens is 320 g/mol. The molecule has 6 heteroatoms. The fraction of sp³-hybridized carbons (Fsp3) is 0. The fourth-order valence-electron chi connectivity index (χ4n) is 2.28. The van der Waals surface area contributed by atoms with Gasteiger partial charge in [0.15, 0.2) is 5.82 Å². The van der Waals surface area contributed by atoms with Crippen LogP contribution in [0.4, 0.5) is 0 Å². The van der Waals surface area contributed by atoms with Crippen LogP contribution in [-0.4, -0.2) is 19.6 Å². The molecule has 1 aromatic carbocycles. The average Bonchev–Trinajstić information content (AvgIpc) is 3.17. The molecular formula is C18H12N4OS. The van der Waals surface area contributed by atoms with E-state index < -0.39 is 0 Å². The first-order chi connectivity index (χ1) is 11.8. The zero-order valence-electron chi connectivity index (χ0n) is 12.5. The van der Waals surface area contributed by atoms with Crippen molar-refractivity contribution < 1.29 is 0 Å². The lowest BCUT2D eigenvalue weighted by Crippen LogP contribution is -2.23. The van der Waals surface area contributed by atoms with Gasteiger partial charge in [-0.1, -0.05) is 53.8 Å². The summed E-state index contributed by atoms with van der Waals surface area (Å²) in [5.41, 5.74) is 1.77. The lowest BCUT2D eigenvalue weighted by Gasteiger charge is -1.90. The van der Waals surface area contributed by atoms with Crippen molar-refractivity contribution in [1.29, 1.82) is 0 Å². The van der Waals surface area contributed by atoms with Crippen LogP contribution in [0.25, 0.3) is 28.5 Å². The Bertz CT molecular complexity index is 1110. The van der Waals surface area contributed by atoms with Crippen LogP contribution < -0.4 is 10.1 Å². The van der Waals surface area contributed by atoms with Gasteiger partial charge in [0.2, 0.25) is 4.96 Å². The van der Waals surface area contributed by atoms with Gasteiger partial charge >= 0.3 is 0 Å². The van der Waals surface area contributed by atoms with Crippen LogP contribution in [0, 0.1) is 0 Å². The van der Waals surface area contributed by atoms with Crippen molar-refractivity contribution in [2.45, 2.75) is 0 Å². The van der Waals surface area contributed by atoms with Gasteiger partial charge in [0, 0.05) is 18.0 Å². The van der Waals surface area contributed by atoms with E-state index in [0.29, 0.717) is 15.3 Å². The normalized spacial score (nSPS) is 12.4. The summed E-state index contributed by atoms with van der Waals surface area (Å²) >= 11 is 1.33. The molecule has 3 aromatic heterocycles. The highest BCUT2D eigenvalue weighted by atomic mass is 32.1. The third-order valence-electron chi connectivity index (χ3n) is 3.46. The Hall–Kier alpha value is -3.12. The zero-order chi connectivity index (χ0) is 16.4. The van der Waals surface area contributed by atoms with Crippen LogP contribution in [0.2, 0.25) is 0 Å².